The van der Waals surface area contributed by atoms with Crippen LogP contribution in [0.5, 0.6) is 0 Å². The van der Waals surface area contributed by atoms with Crippen molar-refractivity contribution in [1.29, 1.82) is 0 Å². The first-order valence-corrected chi connectivity index (χ1v) is 6.96. The van der Waals surface area contributed by atoms with Crippen LogP contribution in [0.25, 0.3) is 11.5 Å². The molecular weight excluding hydrogens is 270 g/mol. The zero-order chi connectivity index (χ0) is 14.8. The Hall–Kier alpha value is -2.21. The van der Waals surface area contributed by atoms with Gasteiger partial charge in [0.05, 0.1) is 12.5 Å². The first kappa shape index (κ1) is 13.8. The van der Waals surface area contributed by atoms with Gasteiger partial charge in [-0.15, -0.1) is 0 Å². The molecule has 21 heavy (non-hydrogen) atoms. The summed E-state index contributed by atoms with van der Waals surface area (Å²) in [6.45, 7) is 3.76. The maximum Gasteiger partial charge on any atom is 0.308 e. The van der Waals surface area contributed by atoms with Crippen molar-refractivity contribution in [3.05, 3.63) is 36.2 Å². The molecule has 1 aliphatic rings. The summed E-state index contributed by atoms with van der Waals surface area (Å²) >= 11 is 0. The number of rotatable bonds is 4. The first-order valence-electron chi connectivity index (χ1n) is 6.96. The summed E-state index contributed by atoms with van der Waals surface area (Å²) in [7, 11) is 0. The van der Waals surface area contributed by atoms with E-state index in [0.717, 1.165) is 12.1 Å². The molecule has 1 aliphatic heterocycles. The minimum Gasteiger partial charge on any atom is -0.481 e. The number of nitrogens with zero attached hydrogens (tertiary/aromatic N) is 3. The van der Waals surface area contributed by atoms with Crippen molar-refractivity contribution in [3.8, 4) is 11.5 Å². The van der Waals surface area contributed by atoms with Crippen molar-refractivity contribution in [2.45, 2.75) is 13.5 Å². The van der Waals surface area contributed by atoms with E-state index in [1.165, 1.54) is 0 Å². The van der Waals surface area contributed by atoms with E-state index in [4.69, 9.17) is 9.63 Å². The van der Waals surface area contributed by atoms with Crippen LogP contribution in [-0.2, 0) is 11.3 Å². The fourth-order valence-electron chi connectivity index (χ4n) is 2.73. The molecule has 1 aromatic carbocycles. The van der Waals surface area contributed by atoms with Crippen LogP contribution < -0.4 is 0 Å². The predicted molar refractivity (Wildman–Crippen MR) is 75.3 cm³/mol. The molecule has 6 heteroatoms. The third-order valence-corrected chi connectivity index (χ3v) is 3.86. The van der Waals surface area contributed by atoms with Crippen molar-refractivity contribution in [3.63, 3.8) is 0 Å². The standard InChI is InChI=1S/C15H17N3O3/c1-10-7-18(8-12(10)15(19)20)9-13-16-14(21-17-13)11-5-3-2-4-6-11/h2-6,10,12H,7-9H2,1H3,(H,19,20). The van der Waals surface area contributed by atoms with Crippen LogP contribution in [0.2, 0.25) is 0 Å². The molecule has 0 amide bonds. The fraction of sp³-hybridized carbons (Fsp3) is 0.400. The summed E-state index contributed by atoms with van der Waals surface area (Å²) in [6, 6.07) is 9.58. The van der Waals surface area contributed by atoms with Crippen LogP contribution in [0.4, 0.5) is 0 Å². The second kappa shape index (κ2) is 5.65. The van der Waals surface area contributed by atoms with Crippen molar-refractivity contribution >= 4 is 5.97 Å². The lowest BCUT2D eigenvalue weighted by Crippen LogP contribution is -2.23. The summed E-state index contributed by atoms with van der Waals surface area (Å²) in [5, 5.41) is 13.1. The largest absolute Gasteiger partial charge is 0.481 e. The molecule has 0 radical (unpaired) electrons. The molecule has 110 valence electrons. The summed E-state index contributed by atoms with van der Waals surface area (Å²) in [6.07, 6.45) is 0. The van der Waals surface area contributed by atoms with E-state index < -0.39 is 5.97 Å². The molecular formula is C15H17N3O3. The Morgan fingerprint density at radius 3 is 2.81 bits per heavy atom. The summed E-state index contributed by atoms with van der Waals surface area (Å²) < 4.78 is 5.26. The van der Waals surface area contributed by atoms with Gasteiger partial charge in [-0.2, -0.15) is 4.98 Å². The molecule has 2 atom stereocenters. The molecule has 1 fully saturated rings. The van der Waals surface area contributed by atoms with Gasteiger partial charge in [0.2, 0.25) is 0 Å². The molecule has 0 aliphatic carbocycles. The summed E-state index contributed by atoms with van der Waals surface area (Å²) in [5.41, 5.74) is 0.884. The Kier molecular flexibility index (Phi) is 3.70. The minimum atomic E-state index is -0.733. The van der Waals surface area contributed by atoms with Crippen LogP contribution >= 0.6 is 0 Å². The molecule has 0 spiro atoms. The highest BCUT2D eigenvalue weighted by atomic mass is 16.5. The highest BCUT2D eigenvalue weighted by molar-refractivity contribution is 5.71. The van der Waals surface area contributed by atoms with E-state index in [1.807, 2.05) is 37.3 Å². The number of carboxylic acids is 1. The van der Waals surface area contributed by atoms with Gasteiger partial charge in [-0.3, -0.25) is 9.69 Å². The van der Waals surface area contributed by atoms with E-state index >= 15 is 0 Å². The summed E-state index contributed by atoms with van der Waals surface area (Å²) in [4.78, 5) is 17.6. The Bertz CT molecular complexity index is 626. The lowest BCUT2D eigenvalue weighted by atomic mass is 9.99. The number of aromatic nitrogens is 2. The normalized spacial score (nSPS) is 22.5. The van der Waals surface area contributed by atoms with Crippen molar-refractivity contribution < 1.29 is 14.4 Å². The van der Waals surface area contributed by atoms with Gasteiger partial charge >= 0.3 is 5.97 Å². The maximum absolute atomic E-state index is 11.1. The maximum atomic E-state index is 11.1. The Morgan fingerprint density at radius 1 is 1.38 bits per heavy atom. The molecule has 2 unspecified atom stereocenters. The van der Waals surface area contributed by atoms with Gasteiger partial charge in [-0.25, -0.2) is 0 Å². The van der Waals surface area contributed by atoms with Gasteiger partial charge in [0.25, 0.3) is 5.89 Å². The second-order valence-corrected chi connectivity index (χ2v) is 5.50. The number of benzene rings is 1. The zero-order valence-electron chi connectivity index (χ0n) is 11.8. The number of carbonyl (C=O) groups is 1. The average molecular weight is 287 g/mol. The molecule has 0 bridgehead atoms. The number of carboxylic acid groups (broad SMARTS) is 1. The van der Waals surface area contributed by atoms with Gasteiger partial charge in [0.1, 0.15) is 0 Å². The van der Waals surface area contributed by atoms with E-state index in [0.29, 0.717) is 24.8 Å². The molecule has 3 rings (SSSR count). The lowest BCUT2D eigenvalue weighted by Gasteiger charge is -2.11. The number of likely N-dealkylation sites (tertiary alicyclic amines) is 1. The van der Waals surface area contributed by atoms with Crippen LogP contribution in [-0.4, -0.2) is 39.2 Å². The SMILES string of the molecule is CC1CN(Cc2noc(-c3ccccc3)n2)CC1C(=O)O. The highest BCUT2D eigenvalue weighted by Crippen LogP contribution is 2.24. The minimum absolute atomic E-state index is 0.142. The van der Waals surface area contributed by atoms with Gasteiger partial charge in [0.15, 0.2) is 5.82 Å². The molecule has 6 nitrogen and oxygen atoms in total. The van der Waals surface area contributed by atoms with Crippen LogP contribution in [0.3, 0.4) is 0 Å². The third kappa shape index (κ3) is 2.95. The number of aliphatic carboxylic acids is 1. The Balaban J connectivity index is 1.67. The van der Waals surface area contributed by atoms with E-state index in [2.05, 4.69) is 15.0 Å². The molecule has 1 saturated heterocycles. The van der Waals surface area contributed by atoms with Crippen molar-refractivity contribution in [2.24, 2.45) is 11.8 Å². The fourth-order valence-corrected chi connectivity index (χ4v) is 2.73. The van der Waals surface area contributed by atoms with Crippen molar-refractivity contribution in [1.82, 2.24) is 15.0 Å². The average Bonchev–Trinajstić information content (AvgIpc) is 3.07. The van der Waals surface area contributed by atoms with Crippen LogP contribution in [0.15, 0.2) is 34.9 Å². The number of hydrogen-bond acceptors (Lipinski definition) is 5. The highest BCUT2D eigenvalue weighted by Gasteiger charge is 2.35. The van der Waals surface area contributed by atoms with Gasteiger partial charge in [0, 0.05) is 18.7 Å². The van der Waals surface area contributed by atoms with Gasteiger partial charge in [-0.05, 0) is 18.1 Å². The van der Waals surface area contributed by atoms with Gasteiger partial charge < -0.3 is 9.63 Å². The second-order valence-electron chi connectivity index (χ2n) is 5.50. The van der Waals surface area contributed by atoms with Gasteiger partial charge in [-0.1, -0.05) is 30.3 Å². The van der Waals surface area contributed by atoms with E-state index in [1.54, 1.807) is 0 Å². The van der Waals surface area contributed by atoms with E-state index in [9.17, 15) is 4.79 Å². The topological polar surface area (TPSA) is 79.5 Å². The molecule has 0 saturated carbocycles. The monoisotopic (exact) mass is 287 g/mol. The smallest absolute Gasteiger partial charge is 0.308 e. The first-order chi connectivity index (χ1) is 10.1. The molecule has 2 aromatic rings. The molecule has 1 N–H and O–H groups in total. The van der Waals surface area contributed by atoms with Crippen LogP contribution in [0, 0.1) is 11.8 Å². The van der Waals surface area contributed by atoms with Crippen molar-refractivity contribution in [2.75, 3.05) is 13.1 Å². The summed E-state index contributed by atoms with van der Waals surface area (Å²) in [5.74, 6) is 0.177. The Morgan fingerprint density at radius 2 is 2.14 bits per heavy atom. The Labute approximate surface area is 122 Å². The molecule has 1 aromatic heterocycles. The lowest BCUT2D eigenvalue weighted by molar-refractivity contribution is -0.142. The predicted octanol–water partition coefficient (Wildman–Crippen LogP) is 1.89. The third-order valence-electron chi connectivity index (χ3n) is 3.86. The molecule has 2 heterocycles. The van der Waals surface area contributed by atoms with Crippen LogP contribution in [0.1, 0.15) is 12.7 Å². The quantitative estimate of drug-likeness (QED) is 0.925. The van der Waals surface area contributed by atoms with E-state index in [-0.39, 0.29) is 11.8 Å². The zero-order valence-corrected chi connectivity index (χ0v) is 11.8. The number of hydrogen-bond donors (Lipinski definition) is 1.